The van der Waals surface area contributed by atoms with Gasteiger partial charge in [0.05, 0.1) is 21.4 Å². The van der Waals surface area contributed by atoms with Crippen molar-refractivity contribution in [2.75, 3.05) is 46.3 Å². The number of benzene rings is 2. The molecule has 0 aliphatic carbocycles. The van der Waals surface area contributed by atoms with Crippen LogP contribution in [0.1, 0.15) is 67.2 Å². The monoisotopic (exact) mass is 545 g/mol. The van der Waals surface area contributed by atoms with Gasteiger partial charge in [-0.2, -0.15) is 0 Å². The molecule has 4 N–H and O–H groups in total. The third-order valence-corrected chi connectivity index (χ3v) is 6.76. The second kappa shape index (κ2) is 14.3. The van der Waals surface area contributed by atoms with Gasteiger partial charge in [-0.1, -0.05) is 0 Å². The summed E-state index contributed by atoms with van der Waals surface area (Å²) in [6, 6.07) is 3.73. The van der Waals surface area contributed by atoms with Crippen LogP contribution < -0.4 is 5.73 Å². The Balaban J connectivity index is 2.42. The van der Waals surface area contributed by atoms with Crippen LogP contribution in [-0.4, -0.2) is 93.9 Å². The Hall–Kier alpha value is -3.93. The van der Waals surface area contributed by atoms with Crippen LogP contribution in [0.5, 0.6) is 11.5 Å². The SMILES string of the molecule is CCN(CC)C(=O)c1cc2c([N+](=O)[O-])c(O)c(O)cc2cc1C(=O)N(CC)CCCCN(C)C(=O)CCCN. The van der Waals surface area contributed by atoms with Crippen molar-refractivity contribution < 1.29 is 29.5 Å². The van der Waals surface area contributed by atoms with E-state index < -0.39 is 33.9 Å². The maximum absolute atomic E-state index is 13.7. The zero-order valence-corrected chi connectivity index (χ0v) is 23.1. The number of hydrogen-bond acceptors (Lipinski definition) is 8. The summed E-state index contributed by atoms with van der Waals surface area (Å²) in [7, 11) is 1.73. The van der Waals surface area contributed by atoms with Crippen LogP contribution in [0.15, 0.2) is 18.2 Å². The van der Waals surface area contributed by atoms with Gasteiger partial charge in [-0.3, -0.25) is 24.5 Å². The zero-order valence-electron chi connectivity index (χ0n) is 23.1. The molecule has 0 spiro atoms. The van der Waals surface area contributed by atoms with Gasteiger partial charge in [0.15, 0.2) is 5.75 Å². The molecule has 12 heteroatoms. The van der Waals surface area contributed by atoms with Crippen LogP contribution in [0.4, 0.5) is 5.69 Å². The molecule has 2 aromatic carbocycles. The van der Waals surface area contributed by atoms with Gasteiger partial charge in [0, 0.05) is 46.2 Å². The average molecular weight is 546 g/mol. The number of nitrogens with zero attached hydrogens (tertiary/aromatic N) is 4. The number of phenols is 2. The number of hydrogen-bond donors (Lipinski definition) is 3. The van der Waals surface area contributed by atoms with Gasteiger partial charge in [0.2, 0.25) is 11.7 Å². The van der Waals surface area contributed by atoms with Crippen molar-refractivity contribution in [2.45, 2.75) is 46.5 Å². The van der Waals surface area contributed by atoms with Crippen LogP contribution in [-0.2, 0) is 4.79 Å². The van der Waals surface area contributed by atoms with E-state index in [1.165, 1.54) is 17.0 Å². The van der Waals surface area contributed by atoms with Gasteiger partial charge >= 0.3 is 5.69 Å². The molecule has 0 aliphatic rings. The summed E-state index contributed by atoms with van der Waals surface area (Å²) in [4.78, 5) is 54.8. The standard InChI is InChI=1S/C27H39N5O7/c1-5-30(6-2)26(36)21-17-19-18(16-22(33)25(35)24(19)32(38)39)15-20(21)27(37)31(7-3)14-9-8-13-29(4)23(34)11-10-12-28/h15-17,33,35H,5-14,28H2,1-4H3. The molecular formula is C27H39N5O7. The number of carbonyl (C=O) groups excluding carboxylic acids is 3. The molecule has 12 nitrogen and oxygen atoms in total. The van der Waals surface area contributed by atoms with E-state index in [9.17, 15) is 34.7 Å². The highest BCUT2D eigenvalue weighted by Gasteiger charge is 2.29. The Labute approximate surface area is 228 Å². The first-order chi connectivity index (χ1) is 18.5. The highest BCUT2D eigenvalue weighted by atomic mass is 16.6. The maximum Gasteiger partial charge on any atom is 0.322 e. The lowest BCUT2D eigenvalue weighted by molar-refractivity contribution is -0.384. The third-order valence-electron chi connectivity index (χ3n) is 6.76. The molecule has 0 fully saturated rings. The van der Waals surface area contributed by atoms with E-state index >= 15 is 0 Å². The summed E-state index contributed by atoms with van der Waals surface area (Å²) in [5, 5.41) is 32.0. The molecule has 0 unspecified atom stereocenters. The van der Waals surface area contributed by atoms with Crippen molar-refractivity contribution in [1.82, 2.24) is 14.7 Å². The smallest absolute Gasteiger partial charge is 0.322 e. The number of aromatic hydroxyl groups is 2. The Kier molecular flexibility index (Phi) is 11.5. The molecule has 0 heterocycles. The van der Waals surface area contributed by atoms with Crippen LogP contribution in [0.3, 0.4) is 0 Å². The van der Waals surface area contributed by atoms with Crippen molar-refractivity contribution in [2.24, 2.45) is 5.73 Å². The lowest BCUT2D eigenvalue weighted by Crippen LogP contribution is -2.36. The number of unbranched alkanes of at least 4 members (excludes halogenated alkanes) is 1. The quantitative estimate of drug-likeness (QED) is 0.141. The minimum atomic E-state index is -0.908. The third kappa shape index (κ3) is 7.34. The van der Waals surface area contributed by atoms with Crippen molar-refractivity contribution in [3.05, 3.63) is 39.4 Å². The molecule has 0 atom stereocenters. The molecule has 0 saturated heterocycles. The summed E-state index contributed by atoms with van der Waals surface area (Å²) in [6.07, 6.45) is 2.30. The minimum absolute atomic E-state index is 0.0166. The van der Waals surface area contributed by atoms with Crippen molar-refractivity contribution in [3.63, 3.8) is 0 Å². The largest absolute Gasteiger partial charge is 0.504 e. The molecule has 214 valence electrons. The maximum atomic E-state index is 13.7. The van der Waals surface area contributed by atoms with E-state index in [-0.39, 0.29) is 27.8 Å². The average Bonchev–Trinajstić information content (AvgIpc) is 2.91. The Morgan fingerprint density at radius 3 is 2.03 bits per heavy atom. The highest BCUT2D eigenvalue weighted by Crippen LogP contribution is 2.42. The molecule has 0 aromatic heterocycles. The van der Waals surface area contributed by atoms with E-state index in [0.29, 0.717) is 65.0 Å². The number of phenolic OH excluding ortho intramolecular Hbond substituents is 2. The van der Waals surface area contributed by atoms with E-state index in [1.54, 1.807) is 30.7 Å². The number of amides is 3. The number of rotatable bonds is 14. The van der Waals surface area contributed by atoms with Crippen molar-refractivity contribution >= 4 is 34.2 Å². The molecule has 0 radical (unpaired) electrons. The summed E-state index contributed by atoms with van der Waals surface area (Å²) < 4.78 is 0. The van der Waals surface area contributed by atoms with Gasteiger partial charge in [-0.25, -0.2) is 0 Å². The second-order valence-corrected chi connectivity index (χ2v) is 9.25. The molecule has 0 bridgehead atoms. The lowest BCUT2D eigenvalue weighted by Gasteiger charge is -2.25. The number of nitro benzene ring substituents is 1. The van der Waals surface area contributed by atoms with E-state index in [2.05, 4.69) is 0 Å². The fraction of sp³-hybridized carbons (Fsp3) is 0.519. The molecular weight excluding hydrogens is 506 g/mol. The van der Waals surface area contributed by atoms with Crippen LogP contribution in [0.2, 0.25) is 0 Å². The van der Waals surface area contributed by atoms with Crippen molar-refractivity contribution in [3.8, 4) is 11.5 Å². The second-order valence-electron chi connectivity index (χ2n) is 9.25. The van der Waals surface area contributed by atoms with Gasteiger partial charge in [-0.05, 0) is 70.2 Å². The fourth-order valence-electron chi connectivity index (χ4n) is 4.42. The minimum Gasteiger partial charge on any atom is -0.504 e. The first-order valence-electron chi connectivity index (χ1n) is 13.2. The summed E-state index contributed by atoms with van der Waals surface area (Å²) in [6.45, 7) is 7.80. The lowest BCUT2D eigenvalue weighted by atomic mass is 9.97. The predicted octanol–water partition coefficient (Wildman–Crippen LogP) is 3.08. The van der Waals surface area contributed by atoms with E-state index in [0.717, 1.165) is 6.07 Å². The molecule has 3 amide bonds. The Morgan fingerprint density at radius 1 is 0.897 bits per heavy atom. The van der Waals surface area contributed by atoms with Crippen molar-refractivity contribution in [1.29, 1.82) is 0 Å². The predicted molar refractivity (Wildman–Crippen MR) is 148 cm³/mol. The first kappa shape index (κ1) is 31.3. The van der Waals surface area contributed by atoms with Gasteiger partial charge < -0.3 is 30.6 Å². The van der Waals surface area contributed by atoms with Gasteiger partial charge in [0.1, 0.15) is 0 Å². The van der Waals surface area contributed by atoms with Gasteiger partial charge in [-0.15, -0.1) is 0 Å². The number of nitro groups is 1. The summed E-state index contributed by atoms with van der Waals surface area (Å²) in [5.74, 6) is -2.50. The Bertz CT molecular complexity index is 1210. The molecule has 39 heavy (non-hydrogen) atoms. The molecule has 2 rings (SSSR count). The number of nitrogens with two attached hydrogens (primary N) is 1. The van der Waals surface area contributed by atoms with Crippen LogP contribution in [0.25, 0.3) is 10.8 Å². The summed E-state index contributed by atoms with van der Waals surface area (Å²) >= 11 is 0. The normalized spacial score (nSPS) is 10.9. The fourth-order valence-corrected chi connectivity index (χ4v) is 4.42. The molecule has 2 aromatic rings. The highest BCUT2D eigenvalue weighted by molar-refractivity contribution is 6.12. The number of carbonyl (C=O) groups is 3. The van der Waals surface area contributed by atoms with E-state index in [4.69, 9.17) is 5.73 Å². The van der Waals surface area contributed by atoms with E-state index in [1.807, 2.05) is 6.92 Å². The zero-order chi connectivity index (χ0) is 29.3. The van der Waals surface area contributed by atoms with Gasteiger partial charge in [0.25, 0.3) is 11.8 Å². The summed E-state index contributed by atoms with van der Waals surface area (Å²) in [5.41, 5.74) is 4.75. The molecule has 0 aliphatic heterocycles. The van der Waals surface area contributed by atoms with Crippen LogP contribution >= 0.6 is 0 Å². The number of fused-ring (bicyclic) bond motifs is 1. The van der Waals surface area contributed by atoms with Crippen LogP contribution in [0, 0.1) is 10.1 Å². The molecule has 0 saturated carbocycles. The first-order valence-corrected chi connectivity index (χ1v) is 13.2. The Morgan fingerprint density at radius 2 is 1.46 bits per heavy atom. The topological polar surface area (TPSA) is 171 Å².